The lowest BCUT2D eigenvalue weighted by molar-refractivity contribution is 0.0474. The molecular formula is C17H21ClN4O2. The van der Waals surface area contributed by atoms with Crippen LogP contribution in [0, 0.1) is 0 Å². The first kappa shape index (κ1) is 16.8. The molecule has 1 atom stereocenters. The van der Waals surface area contributed by atoms with Crippen molar-refractivity contribution in [1.82, 2.24) is 14.5 Å². The highest BCUT2D eigenvalue weighted by atomic mass is 35.5. The van der Waals surface area contributed by atoms with Crippen LogP contribution < -0.4 is 5.32 Å². The number of β-amino-alcohol motifs (C(OH)–C–C–N with tert-alkyl or cyclic N) is 1. The van der Waals surface area contributed by atoms with E-state index in [1.807, 2.05) is 25.2 Å². The van der Waals surface area contributed by atoms with Crippen molar-refractivity contribution in [2.75, 3.05) is 18.4 Å². The molecule has 1 aromatic heterocycles. The maximum atomic E-state index is 12.6. The Hall–Kier alpha value is -2.05. The number of piperidine rings is 1. The zero-order valence-corrected chi connectivity index (χ0v) is 14.3. The van der Waals surface area contributed by atoms with Crippen LogP contribution in [0.5, 0.6) is 0 Å². The summed E-state index contributed by atoms with van der Waals surface area (Å²) in [5.41, 5.74) is 1.46. The van der Waals surface area contributed by atoms with Crippen LogP contribution in [-0.4, -0.2) is 44.7 Å². The van der Waals surface area contributed by atoms with E-state index in [9.17, 15) is 9.90 Å². The van der Waals surface area contributed by atoms with Crippen LogP contribution in [0.25, 0.3) is 0 Å². The number of aliphatic hydroxyl groups is 1. The number of hydrogen-bond acceptors (Lipinski definition) is 4. The summed E-state index contributed by atoms with van der Waals surface area (Å²) in [6.45, 7) is 1.62. The van der Waals surface area contributed by atoms with E-state index < -0.39 is 6.10 Å². The third-order valence-electron chi connectivity index (χ3n) is 4.27. The molecule has 2 N–H and O–H groups in total. The van der Waals surface area contributed by atoms with E-state index in [0.29, 0.717) is 30.4 Å². The van der Waals surface area contributed by atoms with E-state index in [0.717, 1.165) is 24.4 Å². The minimum atomic E-state index is -0.419. The molecule has 1 fully saturated rings. The molecule has 7 heteroatoms. The van der Waals surface area contributed by atoms with Crippen molar-refractivity contribution in [3.05, 3.63) is 47.0 Å². The van der Waals surface area contributed by atoms with E-state index in [1.165, 1.54) is 0 Å². The first-order chi connectivity index (χ1) is 11.5. The molecule has 0 bridgehead atoms. The fourth-order valence-electron chi connectivity index (χ4n) is 2.85. The molecule has 1 aliphatic heterocycles. The number of benzene rings is 1. The number of hydrogen-bond donors (Lipinski definition) is 2. The summed E-state index contributed by atoms with van der Waals surface area (Å²) < 4.78 is 1.80. The molecular weight excluding hydrogens is 328 g/mol. The maximum Gasteiger partial charge on any atom is 0.254 e. The van der Waals surface area contributed by atoms with Gasteiger partial charge in [-0.15, -0.1) is 0 Å². The summed E-state index contributed by atoms with van der Waals surface area (Å²) in [5, 5.41) is 13.6. The number of likely N-dealkylation sites (tertiary alicyclic amines) is 1. The number of imidazole rings is 1. The summed E-state index contributed by atoms with van der Waals surface area (Å²) in [4.78, 5) is 18.5. The highest BCUT2D eigenvalue weighted by Crippen LogP contribution is 2.18. The van der Waals surface area contributed by atoms with Gasteiger partial charge in [0.05, 0.1) is 18.8 Å². The van der Waals surface area contributed by atoms with E-state index in [2.05, 4.69) is 10.3 Å². The Labute approximate surface area is 146 Å². The number of carbonyl (C=O) groups is 1. The van der Waals surface area contributed by atoms with Crippen molar-refractivity contribution in [3.8, 4) is 0 Å². The normalized spacial score (nSPS) is 17.8. The zero-order chi connectivity index (χ0) is 17.1. The molecule has 1 unspecified atom stereocenters. The smallest absolute Gasteiger partial charge is 0.254 e. The number of rotatable bonds is 4. The Balaban J connectivity index is 1.67. The second kappa shape index (κ2) is 7.23. The van der Waals surface area contributed by atoms with Crippen LogP contribution in [0.2, 0.25) is 5.15 Å². The molecule has 0 radical (unpaired) electrons. The summed E-state index contributed by atoms with van der Waals surface area (Å²) in [7, 11) is 1.86. The minimum Gasteiger partial charge on any atom is -0.391 e. The molecule has 2 heterocycles. The summed E-state index contributed by atoms with van der Waals surface area (Å²) in [6, 6.07) is 7.38. The molecule has 24 heavy (non-hydrogen) atoms. The monoisotopic (exact) mass is 348 g/mol. The predicted molar refractivity (Wildman–Crippen MR) is 93.1 cm³/mol. The maximum absolute atomic E-state index is 12.6. The quantitative estimate of drug-likeness (QED) is 0.889. The van der Waals surface area contributed by atoms with Gasteiger partial charge in [0.25, 0.3) is 5.91 Å². The first-order valence-electron chi connectivity index (χ1n) is 8.02. The molecule has 0 aliphatic carbocycles. The zero-order valence-electron chi connectivity index (χ0n) is 13.6. The van der Waals surface area contributed by atoms with E-state index in [-0.39, 0.29) is 5.91 Å². The average Bonchev–Trinajstić information content (AvgIpc) is 2.91. The predicted octanol–water partition coefficient (Wildman–Crippen LogP) is 2.28. The molecule has 2 aromatic rings. The first-order valence-corrected chi connectivity index (χ1v) is 8.40. The van der Waals surface area contributed by atoms with Crippen LogP contribution in [0.4, 0.5) is 5.69 Å². The minimum absolute atomic E-state index is 0.0440. The number of aliphatic hydroxyl groups excluding tert-OH is 1. The Morgan fingerprint density at radius 3 is 3.04 bits per heavy atom. The van der Waals surface area contributed by atoms with E-state index in [4.69, 9.17) is 11.6 Å². The van der Waals surface area contributed by atoms with Crippen molar-refractivity contribution < 1.29 is 9.90 Å². The van der Waals surface area contributed by atoms with Gasteiger partial charge >= 0.3 is 0 Å². The van der Waals surface area contributed by atoms with Crippen molar-refractivity contribution in [2.45, 2.75) is 25.5 Å². The Bertz CT molecular complexity index is 731. The second-order valence-corrected chi connectivity index (χ2v) is 6.42. The van der Waals surface area contributed by atoms with Crippen LogP contribution in [0.1, 0.15) is 29.0 Å². The molecule has 3 rings (SSSR count). The summed E-state index contributed by atoms with van der Waals surface area (Å²) >= 11 is 5.98. The van der Waals surface area contributed by atoms with Gasteiger partial charge in [0.15, 0.2) is 0 Å². The largest absolute Gasteiger partial charge is 0.391 e. The van der Waals surface area contributed by atoms with Gasteiger partial charge in [-0.3, -0.25) is 4.79 Å². The van der Waals surface area contributed by atoms with Gasteiger partial charge in [-0.25, -0.2) is 4.98 Å². The van der Waals surface area contributed by atoms with Crippen LogP contribution in [-0.2, 0) is 13.6 Å². The Morgan fingerprint density at radius 2 is 2.33 bits per heavy atom. The number of carbonyl (C=O) groups excluding carboxylic acids is 1. The summed E-state index contributed by atoms with van der Waals surface area (Å²) in [5.74, 6) is 0.772. The van der Waals surface area contributed by atoms with Gasteiger partial charge in [-0.1, -0.05) is 17.7 Å². The second-order valence-electron chi connectivity index (χ2n) is 6.04. The van der Waals surface area contributed by atoms with Gasteiger partial charge in [0, 0.05) is 31.4 Å². The highest BCUT2D eigenvalue weighted by molar-refractivity contribution is 6.29. The van der Waals surface area contributed by atoms with Crippen LogP contribution in [0.3, 0.4) is 0 Å². The lowest BCUT2D eigenvalue weighted by Gasteiger charge is -2.30. The number of anilines is 1. The average molecular weight is 349 g/mol. The lowest BCUT2D eigenvalue weighted by Crippen LogP contribution is -2.42. The Morgan fingerprint density at radius 1 is 1.50 bits per heavy atom. The number of nitrogens with zero attached hydrogens (tertiary/aromatic N) is 3. The van der Waals surface area contributed by atoms with Crippen LogP contribution >= 0.6 is 11.6 Å². The van der Waals surface area contributed by atoms with Gasteiger partial charge in [0.1, 0.15) is 11.0 Å². The van der Waals surface area contributed by atoms with Gasteiger partial charge in [0.2, 0.25) is 0 Å². The molecule has 6 nitrogen and oxygen atoms in total. The molecule has 1 aliphatic rings. The Kier molecular flexibility index (Phi) is 5.06. The third-order valence-corrected chi connectivity index (χ3v) is 4.62. The highest BCUT2D eigenvalue weighted by Gasteiger charge is 2.23. The number of amides is 1. The molecule has 1 aromatic carbocycles. The number of halogens is 1. The van der Waals surface area contributed by atoms with Crippen molar-refractivity contribution in [3.63, 3.8) is 0 Å². The summed E-state index contributed by atoms with van der Waals surface area (Å²) in [6.07, 6.45) is 2.79. The molecule has 1 saturated heterocycles. The van der Waals surface area contributed by atoms with Crippen molar-refractivity contribution in [1.29, 1.82) is 0 Å². The molecule has 0 spiro atoms. The van der Waals surface area contributed by atoms with E-state index >= 15 is 0 Å². The fourth-order valence-corrected chi connectivity index (χ4v) is 3.00. The SMILES string of the molecule is Cn1c(Cl)cnc1CNc1cccc(C(=O)N2CCCC(O)C2)c1. The topological polar surface area (TPSA) is 70.4 Å². The standard InChI is InChI=1S/C17H21ClN4O2/c1-21-15(18)9-20-16(21)10-19-13-5-2-4-12(8-13)17(24)22-7-3-6-14(23)11-22/h2,4-5,8-9,14,19,23H,3,6-7,10-11H2,1H3. The van der Waals surface area contributed by atoms with Crippen molar-refractivity contribution in [2.24, 2.45) is 7.05 Å². The van der Waals surface area contributed by atoms with Gasteiger partial charge in [-0.2, -0.15) is 0 Å². The van der Waals surface area contributed by atoms with Gasteiger partial charge < -0.3 is 19.9 Å². The molecule has 128 valence electrons. The van der Waals surface area contributed by atoms with Crippen molar-refractivity contribution >= 4 is 23.2 Å². The fraction of sp³-hybridized carbons (Fsp3) is 0.412. The molecule has 0 saturated carbocycles. The number of aromatic nitrogens is 2. The van der Waals surface area contributed by atoms with Gasteiger partial charge in [-0.05, 0) is 31.0 Å². The van der Waals surface area contributed by atoms with Crippen LogP contribution in [0.15, 0.2) is 30.5 Å². The molecule has 1 amide bonds. The lowest BCUT2D eigenvalue weighted by atomic mass is 10.1. The number of nitrogens with one attached hydrogen (secondary N) is 1. The third kappa shape index (κ3) is 3.71. The van der Waals surface area contributed by atoms with E-state index in [1.54, 1.807) is 21.7 Å².